The van der Waals surface area contributed by atoms with Gasteiger partial charge in [0.15, 0.2) is 0 Å². The molecule has 4 rings (SSSR count). The van der Waals surface area contributed by atoms with Gasteiger partial charge in [-0.2, -0.15) is 0 Å². The smallest absolute Gasteiger partial charge is 0.247 e. The van der Waals surface area contributed by atoms with Crippen LogP contribution in [0.1, 0.15) is 46.5 Å². The standard InChI is InChI=1S/C25H37FN4O3/c1-17(2)33-22-9-8-19(26)16-21(22)29-14-12-28(13-15-29)10-5-11-30-24(31)18(3)23(25(30)32)27-20-6-4-7-20/h8-9,16-18,20,23,27H,4-7,10-15H2,1-3H3. The molecule has 0 aromatic heterocycles. The summed E-state index contributed by atoms with van der Waals surface area (Å²) in [4.78, 5) is 31.4. The number of imide groups is 1. The molecule has 8 heteroatoms. The molecule has 2 amide bonds. The normalized spacial score (nSPS) is 24.6. The quantitative estimate of drug-likeness (QED) is 0.572. The number of halogens is 1. The van der Waals surface area contributed by atoms with E-state index in [4.69, 9.17) is 4.74 Å². The third-order valence-electron chi connectivity index (χ3n) is 7.06. The molecular weight excluding hydrogens is 423 g/mol. The minimum Gasteiger partial charge on any atom is -0.489 e. The van der Waals surface area contributed by atoms with Crippen molar-refractivity contribution >= 4 is 17.5 Å². The van der Waals surface area contributed by atoms with Gasteiger partial charge >= 0.3 is 0 Å². The molecule has 3 aliphatic rings. The summed E-state index contributed by atoms with van der Waals surface area (Å²) in [6.45, 7) is 10.4. The monoisotopic (exact) mass is 460 g/mol. The van der Waals surface area contributed by atoms with Gasteiger partial charge in [-0.3, -0.25) is 19.4 Å². The van der Waals surface area contributed by atoms with Crippen LogP contribution in [0.25, 0.3) is 0 Å². The maximum atomic E-state index is 13.9. The van der Waals surface area contributed by atoms with E-state index in [2.05, 4.69) is 15.1 Å². The van der Waals surface area contributed by atoms with Crippen LogP contribution in [0.3, 0.4) is 0 Å². The van der Waals surface area contributed by atoms with Gasteiger partial charge in [0.05, 0.1) is 23.8 Å². The minimum atomic E-state index is -0.361. The van der Waals surface area contributed by atoms with Crippen molar-refractivity contribution in [3.05, 3.63) is 24.0 Å². The Morgan fingerprint density at radius 2 is 1.82 bits per heavy atom. The summed E-state index contributed by atoms with van der Waals surface area (Å²) in [6.07, 6.45) is 4.18. The Labute approximate surface area is 196 Å². The number of rotatable bonds is 9. The Bertz CT molecular complexity index is 852. The molecule has 3 fully saturated rings. The topological polar surface area (TPSA) is 65.1 Å². The first-order valence-electron chi connectivity index (χ1n) is 12.4. The number of likely N-dealkylation sites (tertiary alicyclic amines) is 1. The van der Waals surface area contributed by atoms with Crippen molar-refractivity contribution in [3.63, 3.8) is 0 Å². The summed E-state index contributed by atoms with van der Waals surface area (Å²) < 4.78 is 19.8. The molecule has 33 heavy (non-hydrogen) atoms. The molecular formula is C25H37FN4O3. The lowest BCUT2D eigenvalue weighted by Gasteiger charge is -2.37. The molecule has 2 saturated heterocycles. The van der Waals surface area contributed by atoms with Gasteiger partial charge in [0.25, 0.3) is 0 Å². The van der Waals surface area contributed by atoms with Gasteiger partial charge in [0.1, 0.15) is 11.6 Å². The lowest BCUT2D eigenvalue weighted by atomic mass is 9.91. The number of carbonyl (C=O) groups is 2. The first kappa shape index (κ1) is 24.0. The van der Waals surface area contributed by atoms with Crippen LogP contribution in [0, 0.1) is 11.7 Å². The van der Waals surface area contributed by atoms with Gasteiger partial charge in [-0.25, -0.2) is 4.39 Å². The number of nitrogens with zero attached hydrogens (tertiary/aromatic N) is 3. The number of amides is 2. The van der Waals surface area contributed by atoms with E-state index in [9.17, 15) is 14.0 Å². The van der Waals surface area contributed by atoms with Crippen LogP contribution in [-0.2, 0) is 9.59 Å². The van der Waals surface area contributed by atoms with Gasteiger partial charge in [0, 0.05) is 44.8 Å². The van der Waals surface area contributed by atoms with E-state index >= 15 is 0 Å². The van der Waals surface area contributed by atoms with Crippen molar-refractivity contribution < 1.29 is 18.7 Å². The van der Waals surface area contributed by atoms with Crippen molar-refractivity contribution in [1.82, 2.24) is 15.1 Å². The summed E-state index contributed by atoms with van der Waals surface area (Å²) >= 11 is 0. The average Bonchev–Trinajstić information content (AvgIpc) is 2.95. The maximum absolute atomic E-state index is 13.9. The van der Waals surface area contributed by atoms with E-state index in [0.717, 1.165) is 57.7 Å². The molecule has 0 spiro atoms. The van der Waals surface area contributed by atoms with Crippen molar-refractivity contribution in [1.29, 1.82) is 0 Å². The van der Waals surface area contributed by atoms with Crippen LogP contribution in [0.5, 0.6) is 5.75 Å². The Balaban J connectivity index is 1.24. The number of anilines is 1. The first-order valence-corrected chi connectivity index (χ1v) is 12.4. The van der Waals surface area contributed by atoms with Gasteiger partial charge in [-0.15, -0.1) is 0 Å². The third kappa shape index (κ3) is 5.49. The Morgan fingerprint density at radius 3 is 2.45 bits per heavy atom. The predicted molar refractivity (Wildman–Crippen MR) is 126 cm³/mol. The summed E-state index contributed by atoms with van der Waals surface area (Å²) in [5, 5.41) is 3.39. The SMILES string of the molecule is CC(C)Oc1ccc(F)cc1N1CCN(CCCN2C(=O)C(C)C(NC3CCC3)C2=O)CC1. The van der Waals surface area contributed by atoms with E-state index in [1.54, 1.807) is 12.1 Å². The highest BCUT2D eigenvalue weighted by Crippen LogP contribution is 2.31. The molecule has 1 aromatic rings. The maximum Gasteiger partial charge on any atom is 0.247 e. The van der Waals surface area contributed by atoms with Crippen LogP contribution in [0.15, 0.2) is 18.2 Å². The minimum absolute atomic E-state index is 0.0257. The zero-order chi connectivity index (χ0) is 23.5. The summed E-state index contributed by atoms with van der Waals surface area (Å²) in [7, 11) is 0. The number of carbonyl (C=O) groups excluding carboxylic acids is 2. The molecule has 1 aromatic carbocycles. The van der Waals surface area contributed by atoms with Gasteiger partial charge in [0.2, 0.25) is 11.8 Å². The van der Waals surface area contributed by atoms with Crippen molar-refractivity contribution in [2.24, 2.45) is 5.92 Å². The molecule has 7 nitrogen and oxygen atoms in total. The number of benzene rings is 1. The van der Waals surface area contributed by atoms with E-state index in [0.29, 0.717) is 18.3 Å². The van der Waals surface area contributed by atoms with Gasteiger partial charge in [-0.1, -0.05) is 13.3 Å². The predicted octanol–water partition coefficient (Wildman–Crippen LogP) is 2.64. The molecule has 2 heterocycles. The fraction of sp³-hybridized carbons (Fsp3) is 0.680. The number of hydrogen-bond donors (Lipinski definition) is 1. The summed E-state index contributed by atoms with van der Waals surface area (Å²) in [6, 6.07) is 4.71. The first-order chi connectivity index (χ1) is 15.8. The van der Waals surface area contributed by atoms with E-state index in [1.807, 2.05) is 20.8 Å². The number of piperazine rings is 1. The number of ether oxygens (including phenoxy) is 1. The van der Waals surface area contributed by atoms with Gasteiger partial charge < -0.3 is 15.0 Å². The summed E-state index contributed by atoms with van der Waals surface area (Å²) in [5.74, 6) is 0.0570. The summed E-state index contributed by atoms with van der Waals surface area (Å²) in [5.41, 5.74) is 0.801. The highest BCUT2D eigenvalue weighted by molar-refractivity contribution is 6.06. The number of hydrogen-bond acceptors (Lipinski definition) is 6. The van der Waals surface area contributed by atoms with Crippen molar-refractivity contribution in [3.8, 4) is 5.75 Å². The Morgan fingerprint density at radius 1 is 1.09 bits per heavy atom. The van der Waals surface area contributed by atoms with Crippen LogP contribution in [0.2, 0.25) is 0 Å². The molecule has 2 atom stereocenters. The second kappa shape index (κ2) is 10.4. The average molecular weight is 461 g/mol. The van der Waals surface area contributed by atoms with E-state index in [1.165, 1.54) is 17.4 Å². The van der Waals surface area contributed by atoms with Crippen molar-refractivity contribution in [2.45, 2.75) is 64.6 Å². The van der Waals surface area contributed by atoms with Gasteiger partial charge in [-0.05, 0) is 51.8 Å². The molecule has 1 aliphatic carbocycles. The molecule has 0 radical (unpaired) electrons. The molecule has 0 bridgehead atoms. The molecule has 2 aliphatic heterocycles. The largest absolute Gasteiger partial charge is 0.489 e. The molecule has 1 saturated carbocycles. The lowest BCUT2D eigenvalue weighted by Crippen LogP contribution is -2.48. The zero-order valence-electron chi connectivity index (χ0n) is 20.1. The fourth-order valence-electron chi connectivity index (χ4n) is 4.90. The van der Waals surface area contributed by atoms with Crippen molar-refractivity contribution in [2.75, 3.05) is 44.2 Å². The van der Waals surface area contributed by atoms with E-state index < -0.39 is 0 Å². The molecule has 2 unspecified atom stereocenters. The number of nitrogens with one attached hydrogen (secondary N) is 1. The van der Waals surface area contributed by atoms with Crippen LogP contribution < -0.4 is 15.0 Å². The molecule has 1 N–H and O–H groups in total. The third-order valence-corrected chi connectivity index (χ3v) is 7.06. The van der Waals surface area contributed by atoms with Crippen LogP contribution in [0.4, 0.5) is 10.1 Å². The zero-order valence-corrected chi connectivity index (χ0v) is 20.1. The van der Waals surface area contributed by atoms with E-state index in [-0.39, 0.29) is 35.7 Å². The molecule has 182 valence electrons. The highest BCUT2D eigenvalue weighted by atomic mass is 19.1. The lowest BCUT2D eigenvalue weighted by molar-refractivity contribution is -0.139. The van der Waals surface area contributed by atoms with Crippen LogP contribution >= 0.6 is 0 Å². The second-order valence-corrected chi connectivity index (χ2v) is 9.85. The Kier molecular flexibility index (Phi) is 7.54. The highest BCUT2D eigenvalue weighted by Gasteiger charge is 2.45. The Hall–Kier alpha value is -2.19. The van der Waals surface area contributed by atoms with Crippen LogP contribution in [-0.4, -0.2) is 79.1 Å². The fourth-order valence-corrected chi connectivity index (χ4v) is 4.90. The second-order valence-electron chi connectivity index (χ2n) is 9.85.